The maximum Gasteiger partial charge on any atom is 0.407 e. The highest BCUT2D eigenvalue weighted by molar-refractivity contribution is 5.90. The molecular formula is C32H37N3O5. The van der Waals surface area contributed by atoms with Crippen LogP contribution in [0.2, 0.25) is 0 Å². The molecule has 210 valence electrons. The summed E-state index contributed by atoms with van der Waals surface area (Å²) in [6.45, 7) is 6.32. The minimum absolute atomic E-state index is 0.0348. The van der Waals surface area contributed by atoms with E-state index in [-0.39, 0.29) is 24.4 Å². The van der Waals surface area contributed by atoms with Crippen LogP contribution < -0.4 is 10.6 Å². The summed E-state index contributed by atoms with van der Waals surface area (Å²) >= 11 is 0. The van der Waals surface area contributed by atoms with E-state index in [2.05, 4.69) is 48.5 Å². The van der Waals surface area contributed by atoms with Crippen LogP contribution >= 0.6 is 0 Å². The van der Waals surface area contributed by atoms with Crippen LogP contribution in [0.15, 0.2) is 73.1 Å². The van der Waals surface area contributed by atoms with Crippen LogP contribution in [0.1, 0.15) is 56.2 Å². The molecule has 8 heteroatoms. The van der Waals surface area contributed by atoms with Crippen LogP contribution in [0.25, 0.3) is 11.1 Å². The molecule has 0 fully saturated rings. The van der Waals surface area contributed by atoms with Crippen molar-refractivity contribution in [2.24, 2.45) is 5.41 Å². The molecule has 2 aromatic carbocycles. The number of nitrogens with zero attached hydrogens (tertiary/aromatic N) is 1. The molecule has 0 saturated carbocycles. The first-order valence-electron chi connectivity index (χ1n) is 13.5. The Labute approximate surface area is 235 Å². The number of nitrogens with one attached hydrogen (secondary N) is 2. The van der Waals surface area contributed by atoms with E-state index in [1.54, 1.807) is 24.5 Å². The van der Waals surface area contributed by atoms with Gasteiger partial charge >= 0.3 is 12.1 Å². The molecule has 1 heterocycles. The SMILES string of the molecule is COC(=O)[C@H](CCC(C)(C)C)NC(=O)[C@H](Cc1ccncc1)NC(=O)OCC1c2ccccc2-c2ccccc21. The first kappa shape index (κ1) is 28.8. The first-order chi connectivity index (χ1) is 19.2. The molecule has 0 saturated heterocycles. The fraction of sp³-hybridized carbons (Fsp3) is 0.375. The van der Waals surface area contributed by atoms with E-state index in [4.69, 9.17) is 9.47 Å². The summed E-state index contributed by atoms with van der Waals surface area (Å²) in [5, 5.41) is 5.52. The van der Waals surface area contributed by atoms with Gasteiger partial charge in [0.25, 0.3) is 0 Å². The first-order valence-corrected chi connectivity index (χ1v) is 13.5. The van der Waals surface area contributed by atoms with E-state index in [1.807, 2.05) is 36.4 Å². The van der Waals surface area contributed by atoms with E-state index in [9.17, 15) is 14.4 Å². The topological polar surface area (TPSA) is 107 Å². The zero-order valence-electron chi connectivity index (χ0n) is 23.5. The van der Waals surface area contributed by atoms with Crippen molar-refractivity contribution in [3.63, 3.8) is 0 Å². The number of amides is 2. The molecule has 1 aromatic heterocycles. The highest BCUT2D eigenvalue weighted by atomic mass is 16.5. The van der Waals surface area contributed by atoms with Crippen molar-refractivity contribution >= 4 is 18.0 Å². The Balaban J connectivity index is 1.46. The number of ether oxygens (including phenoxy) is 2. The van der Waals surface area contributed by atoms with Crippen LogP contribution in [0.5, 0.6) is 0 Å². The van der Waals surface area contributed by atoms with Gasteiger partial charge in [-0.05, 0) is 58.2 Å². The van der Waals surface area contributed by atoms with Crippen LogP contribution in [0.3, 0.4) is 0 Å². The Kier molecular flexibility index (Phi) is 9.19. The molecule has 2 N–H and O–H groups in total. The summed E-state index contributed by atoms with van der Waals surface area (Å²) in [4.78, 5) is 43.0. The summed E-state index contributed by atoms with van der Waals surface area (Å²) < 4.78 is 10.6. The molecule has 1 aliphatic rings. The lowest BCUT2D eigenvalue weighted by Gasteiger charge is -2.25. The number of carbonyl (C=O) groups excluding carboxylic acids is 3. The van der Waals surface area contributed by atoms with Gasteiger partial charge in [0.1, 0.15) is 18.7 Å². The van der Waals surface area contributed by atoms with Crippen molar-refractivity contribution in [1.82, 2.24) is 15.6 Å². The molecule has 1 aliphatic carbocycles. The van der Waals surface area contributed by atoms with Crippen LogP contribution in [0.4, 0.5) is 4.79 Å². The molecule has 0 spiro atoms. The molecule has 0 radical (unpaired) electrons. The van der Waals surface area contributed by atoms with Gasteiger partial charge in [-0.25, -0.2) is 9.59 Å². The Bertz CT molecular complexity index is 1290. The lowest BCUT2D eigenvalue weighted by atomic mass is 9.88. The summed E-state index contributed by atoms with van der Waals surface area (Å²) in [6, 6.07) is 17.9. The minimum atomic E-state index is -0.972. The normalized spacial score (nSPS) is 13.9. The van der Waals surface area contributed by atoms with Crippen LogP contribution in [0, 0.1) is 5.41 Å². The number of hydrogen-bond donors (Lipinski definition) is 2. The van der Waals surface area contributed by atoms with Crippen molar-refractivity contribution in [3.8, 4) is 11.1 Å². The number of methoxy groups -OCH3 is 1. The fourth-order valence-corrected chi connectivity index (χ4v) is 4.99. The van der Waals surface area contributed by atoms with E-state index < -0.39 is 30.1 Å². The van der Waals surface area contributed by atoms with E-state index in [1.165, 1.54) is 7.11 Å². The summed E-state index contributed by atoms with van der Waals surface area (Å²) in [6.07, 6.45) is 3.85. The third-order valence-corrected chi connectivity index (χ3v) is 7.13. The van der Waals surface area contributed by atoms with Gasteiger partial charge in [0.2, 0.25) is 5.91 Å². The largest absolute Gasteiger partial charge is 0.467 e. The molecule has 2 atom stereocenters. The number of pyridine rings is 1. The number of alkyl carbamates (subject to hydrolysis) is 1. The van der Waals surface area contributed by atoms with Crippen molar-refractivity contribution in [1.29, 1.82) is 0 Å². The smallest absolute Gasteiger partial charge is 0.407 e. The maximum absolute atomic E-state index is 13.4. The van der Waals surface area contributed by atoms with E-state index in [0.29, 0.717) is 12.8 Å². The predicted octanol–water partition coefficient (Wildman–Crippen LogP) is 5.02. The molecule has 8 nitrogen and oxygen atoms in total. The van der Waals surface area contributed by atoms with Crippen LogP contribution in [-0.4, -0.2) is 48.8 Å². The molecule has 0 unspecified atom stereocenters. The quantitative estimate of drug-likeness (QED) is 0.348. The molecule has 3 aromatic rings. The Hall–Kier alpha value is -4.20. The average Bonchev–Trinajstić information content (AvgIpc) is 3.27. The second-order valence-corrected chi connectivity index (χ2v) is 11.3. The third-order valence-electron chi connectivity index (χ3n) is 7.13. The number of carbonyl (C=O) groups is 3. The molecular weight excluding hydrogens is 506 g/mol. The Morgan fingerprint density at radius 2 is 1.48 bits per heavy atom. The third kappa shape index (κ3) is 7.25. The van der Waals surface area contributed by atoms with Crippen molar-refractivity contribution in [3.05, 3.63) is 89.7 Å². The summed E-state index contributed by atoms with van der Waals surface area (Å²) in [7, 11) is 1.29. The Morgan fingerprint density at radius 1 is 0.875 bits per heavy atom. The van der Waals surface area contributed by atoms with Crippen molar-refractivity contribution in [2.45, 2.75) is 58.0 Å². The fourth-order valence-electron chi connectivity index (χ4n) is 4.99. The second-order valence-electron chi connectivity index (χ2n) is 11.3. The van der Waals surface area contributed by atoms with Gasteiger partial charge in [-0.15, -0.1) is 0 Å². The summed E-state index contributed by atoms with van der Waals surface area (Å²) in [5.41, 5.74) is 5.23. The van der Waals surface area contributed by atoms with E-state index in [0.717, 1.165) is 27.8 Å². The monoisotopic (exact) mass is 543 g/mol. The molecule has 2 amide bonds. The Morgan fingerprint density at radius 3 is 2.05 bits per heavy atom. The highest BCUT2D eigenvalue weighted by Gasteiger charge is 2.31. The van der Waals surface area contributed by atoms with Gasteiger partial charge in [-0.3, -0.25) is 9.78 Å². The van der Waals surface area contributed by atoms with Gasteiger partial charge in [-0.1, -0.05) is 69.3 Å². The number of rotatable bonds is 10. The van der Waals surface area contributed by atoms with Gasteiger partial charge < -0.3 is 20.1 Å². The second kappa shape index (κ2) is 12.8. The molecule has 40 heavy (non-hydrogen) atoms. The number of benzene rings is 2. The zero-order valence-corrected chi connectivity index (χ0v) is 23.5. The molecule has 0 aliphatic heterocycles. The molecule has 0 bridgehead atoms. The highest BCUT2D eigenvalue weighted by Crippen LogP contribution is 2.44. The average molecular weight is 544 g/mol. The lowest BCUT2D eigenvalue weighted by Crippen LogP contribution is -2.53. The van der Waals surface area contributed by atoms with Gasteiger partial charge in [0, 0.05) is 24.7 Å². The zero-order chi connectivity index (χ0) is 28.7. The molecule has 4 rings (SSSR count). The lowest BCUT2D eigenvalue weighted by molar-refractivity contribution is -0.145. The predicted molar refractivity (Wildman–Crippen MR) is 153 cm³/mol. The summed E-state index contributed by atoms with van der Waals surface area (Å²) in [5.74, 6) is -1.12. The van der Waals surface area contributed by atoms with Crippen molar-refractivity contribution < 1.29 is 23.9 Å². The number of fused-ring (bicyclic) bond motifs is 3. The minimum Gasteiger partial charge on any atom is -0.467 e. The van der Waals surface area contributed by atoms with Gasteiger partial charge in [0.05, 0.1) is 7.11 Å². The van der Waals surface area contributed by atoms with Gasteiger partial charge in [0.15, 0.2) is 0 Å². The van der Waals surface area contributed by atoms with Gasteiger partial charge in [-0.2, -0.15) is 0 Å². The van der Waals surface area contributed by atoms with E-state index >= 15 is 0 Å². The number of hydrogen-bond acceptors (Lipinski definition) is 6. The maximum atomic E-state index is 13.4. The van der Waals surface area contributed by atoms with Crippen LogP contribution in [-0.2, 0) is 25.5 Å². The standard InChI is InChI=1S/C32H37N3O5/c1-32(2,3)16-13-27(30(37)39-4)34-29(36)28(19-21-14-17-33-18-15-21)35-31(38)40-20-26-24-11-7-5-9-22(24)23-10-6-8-12-25(23)26/h5-12,14-15,17-18,26-28H,13,16,19-20H2,1-4H3,(H,34,36)(H,35,38)/t27-,28-/m0/s1. The number of esters is 1. The number of aromatic nitrogens is 1. The van der Waals surface area contributed by atoms with Crippen molar-refractivity contribution in [2.75, 3.05) is 13.7 Å².